The number of amides is 2. The Hall–Kier alpha value is -1.95. The summed E-state index contributed by atoms with van der Waals surface area (Å²) in [6, 6.07) is 4.56. The molecule has 5 nitrogen and oxygen atoms in total. The molecule has 1 heterocycles. The van der Waals surface area contributed by atoms with Gasteiger partial charge in [-0.25, -0.2) is 4.39 Å². The van der Waals surface area contributed by atoms with Gasteiger partial charge in [0.15, 0.2) is 0 Å². The summed E-state index contributed by atoms with van der Waals surface area (Å²) < 4.78 is 13.6. The van der Waals surface area contributed by atoms with Gasteiger partial charge in [0.05, 0.1) is 0 Å². The van der Waals surface area contributed by atoms with E-state index in [1.54, 1.807) is 24.0 Å². The van der Waals surface area contributed by atoms with E-state index in [1.165, 1.54) is 6.07 Å². The predicted octanol–water partition coefficient (Wildman–Crippen LogP) is 2.33. The predicted molar refractivity (Wildman–Crippen MR) is 95.8 cm³/mol. The highest BCUT2D eigenvalue weighted by Gasteiger charge is 2.24. The van der Waals surface area contributed by atoms with E-state index < -0.39 is 0 Å². The Bertz CT molecular complexity index is 598. The van der Waals surface area contributed by atoms with Crippen molar-refractivity contribution in [1.82, 2.24) is 9.80 Å². The lowest BCUT2D eigenvalue weighted by Crippen LogP contribution is -2.50. The second-order valence-corrected chi connectivity index (χ2v) is 6.59. The van der Waals surface area contributed by atoms with Crippen molar-refractivity contribution in [2.45, 2.75) is 39.0 Å². The van der Waals surface area contributed by atoms with Gasteiger partial charge in [0.1, 0.15) is 5.82 Å². The summed E-state index contributed by atoms with van der Waals surface area (Å²) in [6.07, 6.45) is 4.55. The minimum atomic E-state index is -0.366. The molecule has 0 unspecified atom stereocenters. The zero-order valence-corrected chi connectivity index (χ0v) is 15.0. The molecule has 0 bridgehead atoms. The summed E-state index contributed by atoms with van der Waals surface area (Å²) in [5.41, 5.74) is 6.34. The largest absolute Gasteiger partial charge is 0.339 e. The van der Waals surface area contributed by atoms with Crippen molar-refractivity contribution < 1.29 is 14.0 Å². The molecule has 0 saturated carbocycles. The number of unbranched alkanes of at least 4 members (excludes halogenated alkanes) is 3. The average Bonchev–Trinajstić information content (AvgIpc) is 2.63. The molecule has 1 aromatic carbocycles. The Morgan fingerprint density at radius 3 is 2.32 bits per heavy atom. The molecular formula is C19H28FN3O2. The zero-order chi connectivity index (χ0) is 18.2. The van der Waals surface area contributed by atoms with Crippen LogP contribution in [0.1, 0.15) is 48.0 Å². The van der Waals surface area contributed by atoms with Crippen molar-refractivity contribution >= 4 is 11.8 Å². The zero-order valence-electron chi connectivity index (χ0n) is 15.0. The summed E-state index contributed by atoms with van der Waals surface area (Å²) in [4.78, 5) is 28.2. The molecule has 0 spiro atoms. The lowest BCUT2D eigenvalue weighted by atomic mass is 10.1. The van der Waals surface area contributed by atoms with E-state index in [0.717, 1.165) is 25.7 Å². The fourth-order valence-corrected chi connectivity index (χ4v) is 3.00. The molecule has 0 radical (unpaired) electrons. The maximum absolute atomic E-state index is 13.6. The molecule has 0 aromatic heterocycles. The molecular weight excluding hydrogens is 321 g/mol. The summed E-state index contributed by atoms with van der Waals surface area (Å²) in [5, 5.41) is 0. The highest BCUT2D eigenvalue weighted by atomic mass is 19.1. The standard InChI is InChI=1S/C19H28FN3O2/c1-15-7-8-16(14-17(15)20)19(25)23-12-10-22(11-13-23)18(24)6-4-2-3-5-9-21/h7-8,14H,2-6,9-13,21H2,1H3. The second kappa shape index (κ2) is 9.51. The number of carbonyl (C=O) groups is 2. The van der Waals surface area contributed by atoms with Gasteiger partial charge < -0.3 is 15.5 Å². The molecule has 2 amide bonds. The Kier molecular flexibility index (Phi) is 7.37. The maximum atomic E-state index is 13.6. The summed E-state index contributed by atoms with van der Waals surface area (Å²) in [5.74, 6) is -0.386. The fraction of sp³-hybridized carbons (Fsp3) is 0.579. The fourth-order valence-electron chi connectivity index (χ4n) is 3.00. The number of benzene rings is 1. The molecule has 1 aliphatic rings. The van der Waals surface area contributed by atoms with Gasteiger partial charge in [-0.15, -0.1) is 0 Å². The molecule has 1 fully saturated rings. The number of rotatable bonds is 7. The number of hydrogen-bond acceptors (Lipinski definition) is 3. The first-order valence-corrected chi connectivity index (χ1v) is 9.06. The molecule has 0 aliphatic carbocycles. The minimum Gasteiger partial charge on any atom is -0.339 e. The smallest absolute Gasteiger partial charge is 0.254 e. The van der Waals surface area contributed by atoms with Gasteiger partial charge in [-0.1, -0.05) is 18.9 Å². The number of nitrogens with two attached hydrogens (primary N) is 1. The second-order valence-electron chi connectivity index (χ2n) is 6.59. The van der Waals surface area contributed by atoms with Gasteiger partial charge in [0.25, 0.3) is 5.91 Å². The third-order valence-electron chi connectivity index (χ3n) is 4.68. The molecule has 2 N–H and O–H groups in total. The van der Waals surface area contributed by atoms with Gasteiger partial charge in [-0.2, -0.15) is 0 Å². The molecule has 6 heteroatoms. The Morgan fingerprint density at radius 2 is 1.68 bits per heavy atom. The summed E-state index contributed by atoms with van der Waals surface area (Å²) in [6.45, 7) is 4.45. The summed E-state index contributed by atoms with van der Waals surface area (Å²) in [7, 11) is 0. The van der Waals surface area contributed by atoms with E-state index in [1.807, 2.05) is 4.90 Å². The van der Waals surface area contributed by atoms with Gasteiger partial charge in [-0.05, 0) is 44.0 Å². The Labute approximate surface area is 149 Å². The molecule has 25 heavy (non-hydrogen) atoms. The van der Waals surface area contributed by atoms with E-state index in [2.05, 4.69) is 0 Å². The van der Waals surface area contributed by atoms with E-state index in [4.69, 9.17) is 5.73 Å². The van der Waals surface area contributed by atoms with Crippen LogP contribution in [0.4, 0.5) is 4.39 Å². The van der Waals surface area contributed by atoms with E-state index in [9.17, 15) is 14.0 Å². The molecule has 1 aromatic rings. The van der Waals surface area contributed by atoms with Gasteiger partial charge >= 0.3 is 0 Å². The number of nitrogens with zero attached hydrogens (tertiary/aromatic N) is 2. The highest BCUT2D eigenvalue weighted by Crippen LogP contribution is 2.14. The normalized spacial score (nSPS) is 14.7. The van der Waals surface area contributed by atoms with Crippen LogP contribution in [0.25, 0.3) is 0 Å². The van der Waals surface area contributed by atoms with Crippen LogP contribution in [0.15, 0.2) is 18.2 Å². The van der Waals surface area contributed by atoms with Crippen LogP contribution in [-0.2, 0) is 4.79 Å². The Balaban J connectivity index is 1.77. The van der Waals surface area contributed by atoms with Crippen molar-refractivity contribution in [1.29, 1.82) is 0 Å². The van der Waals surface area contributed by atoms with Crippen molar-refractivity contribution in [3.05, 3.63) is 35.1 Å². The lowest BCUT2D eigenvalue weighted by Gasteiger charge is -2.35. The first-order valence-electron chi connectivity index (χ1n) is 9.06. The van der Waals surface area contributed by atoms with Gasteiger partial charge in [0.2, 0.25) is 5.91 Å². The molecule has 2 rings (SSSR count). The van der Waals surface area contributed by atoms with Crippen LogP contribution in [0, 0.1) is 12.7 Å². The van der Waals surface area contributed by atoms with Crippen LogP contribution in [-0.4, -0.2) is 54.3 Å². The van der Waals surface area contributed by atoms with Crippen molar-refractivity contribution in [3.63, 3.8) is 0 Å². The maximum Gasteiger partial charge on any atom is 0.254 e. The first-order chi connectivity index (χ1) is 12.0. The van der Waals surface area contributed by atoms with Crippen molar-refractivity contribution in [2.75, 3.05) is 32.7 Å². The van der Waals surface area contributed by atoms with Gasteiger partial charge in [-0.3, -0.25) is 9.59 Å². The number of piperazine rings is 1. The number of carbonyl (C=O) groups excluding carboxylic acids is 2. The van der Waals surface area contributed by atoms with Crippen LogP contribution in [0.2, 0.25) is 0 Å². The van der Waals surface area contributed by atoms with Crippen LogP contribution in [0.3, 0.4) is 0 Å². The van der Waals surface area contributed by atoms with Crippen molar-refractivity contribution in [2.24, 2.45) is 5.73 Å². The van der Waals surface area contributed by atoms with Crippen LogP contribution in [0.5, 0.6) is 0 Å². The van der Waals surface area contributed by atoms with E-state index in [-0.39, 0.29) is 17.6 Å². The molecule has 138 valence electrons. The van der Waals surface area contributed by atoms with Crippen LogP contribution < -0.4 is 5.73 Å². The topological polar surface area (TPSA) is 66.6 Å². The van der Waals surface area contributed by atoms with E-state index in [0.29, 0.717) is 50.3 Å². The van der Waals surface area contributed by atoms with Crippen LogP contribution >= 0.6 is 0 Å². The molecule has 1 saturated heterocycles. The third kappa shape index (κ3) is 5.53. The third-order valence-corrected chi connectivity index (χ3v) is 4.68. The highest BCUT2D eigenvalue weighted by molar-refractivity contribution is 5.94. The SMILES string of the molecule is Cc1ccc(C(=O)N2CCN(C(=O)CCCCCCN)CC2)cc1F. The van der Waals surface area contributed by atoms with Gasteiger partial charge in [0, 0.05) is 38.2 Å². The lowest BCUT2D eigenvalue weighted by molar-refractivity contribution is -0.132. The first kappa shape index (κ1) is 19.4. The monoisotopic (exact) mass is 349 g/mol. The quantitative estimate of drug-likeness (QED) is 0.768. The van der Waals surface area contributed by atoms with E-state index >= 15 is 0 Å². The molecule has 1 aliphatic heterocycles. The number of halogens is 1. The number of aryl methyl sites for hydroxylation is 1. The van der Waals surface area contributed by atoms with Crippen molar-refractivity contribution in [3.8, 4) is 0 Å². The molecule has 0 atom stereocenters. The summed E-state index contributed by atoms with van der Waals surface area (Å²) >= 11 is 0. The average molecular weight is 349 g/mol. The Morgan fingerprint density at radius 1 is 1.04 bits per heavy atom. The number of hydrogen-bond donors (Lipinski definition) is 1. The minimum absolute atomic E-state index is 0.154.